The van der Waals surface area contributed by atoms with Gasteiger partial charge in [-0.05, 0) is 17.7 Å². The standard InChI is InChI=1S/C22H29N3O3.C2H2O4/c1-27-19-8-9-21(28-2)20(16-19)23-22(26)10-11-24-12-14-25(15-13-24)17-18-6-4-3-5-7-18;3-1(4)2(5)6/h3-9,16H,10-15,17H2,1-2H3,(H,23,26);(H,3,4)(H,5,6). The number of anilines is 1. The van der Waals surface area contributed by atoms with Gasteiger partial charge in [0.15, 0.2) is 0 Å². The van der Waals surface area contributed by atoms with Crippen LogP contribution in [0.25, 0.3) is 0 Å². The zero-order valence-corrected chi connectivity index (χ0v) is 19.4. The second kappa shape index (κ2) is 13.8. The smallest absolute Gasteiger partial charge is 0.414 e. The molecule has 3 rings (SSSR count). The minimum atomic E-state index is -1.82. The van der Waals surface area contributed by atoms with E-state index in [1.165, 1.54) is 5.56 Å². The molecule has 2 aromatic carbocycles. The van der Waals surface area contributed by atoms with E-state index in [2.05, 4.69) is 39.4 Å². The van der Waals surface area contributed by atoms with Gasteiger partial charge in [0.1, 0.15) is 11.5 Å². The summed E-state index contributed by atoms with van der Waals surface area (Å²) in [7, 11) is 3.19. The highest BCUT2D eigenvalue weighted by Crippen LogP contribution is 2.28. The maximum Gasteiger partial charge on any atom is 0.414 e. The van der Waals surface area contributed by atoms with Crippen molar-refractivity contribution in [1.29, 1.82) is 0 Å². The van der Waals surface area contributed by atoms with Crippen LogP contribution >= 0.6 is 0 Å². The zero-order chi connectivity index (χ0) is 24.9. The maximum absolute atomic E-state index is 12.4. The fourth-order valence-corrected chi connectivity index (χ4v) is 3.40. The van der Waals surface area contributed by atoms with Crippen LogP contribution in [0.4, 0.5) is 5.69 Å². The molecule has 1 aliphatic heterocycles. The third kappa shape index (κ3) is 9.08. The first kappa shape index (κ1) is 26.6. The molecular weight excluding hydrogens is 442 g/mol. The normalized spacial score (nSPS) is 13.8. The van der Waals surface area contributed by atoms with Gasteiger partial charge in [-0.15, -0.1) is 0 Å². The Morgan fingerprint density at radius 3 is 2.06 bits per heavy atom. The Morgan fingerprint density at radius 2 is 1.50 bits per heavy atom. The van der Waals surface area contributed by atoms with Gasteiger partial charge in [-0.3, -0.25) is 9.69 Å². The molecule has 0 atom stereocenters. The van der Waals surface area contributed by atoms with Crippen molar-refractivity contribution >= 4 is 23.5 Å². The first-order chi connectivity index (χ1) is 16.3. The van der Waals surface area contributed by atoms with E-state index >= 15 is 0 Å². The number of carboxylic acid groups (broad SMARTS) is 2. The Morgan fingerprint density at radius 1 is 0.882 bits per heavy atom. The molecule has 10 nitrogen and oxygen atoms in total. The molecule has 1 aliphatic rings. The van der Waals surface area contributed by atoms with Crippen LogP contribution in [-0.2, 0) is 20.9 Å². The zero-order valence-electron chi connectivity index (χ0n) is 19.4. The van der Waals surface area contributed by atoms with Crippen molar-refractivity contribution in [3.8, 4) is 11.5 Å². The van der Waals surface area contributed by atoms with Gasteiger partial charge in [0.2, 0.25) is 5.91 Å². The van der Waals surface area contributed by atoms with Gasteiger partial charge in [0, 0.05) is 51.8 Å². The molecule has 0 aromatic heterocycles. The molecule has 0 radical (unpaired) electrons. The molecule has 1 fully saturated rings. The number of carboxylic acids is 2. The van der Waals surface area contributed by atoms with Gasteiger partial charge in [-0.1, -0.05) is 30.3 Å². The fourth-order valence-electron chi connectivity index (χ4n) is 3.40. The minimum Gasteiger partial charge on any atom is -0.497 e. The molecule has 0 bridgehead atoms. The number of carbonyl (C=O) groups excluding carboxylic acids is 1. The lowest BCUT2D eigenvalue weighted by molar-refractivity contribution is -0.159. The predicted octanol–water partition coefficient (Wildman–Crippen LogP) is 2.01. The van der Waals surface area contributed by atoms with Crippen LogP contribution < -0.4 is 14.8 Å². The van der Waals surface area contributed by atoms with Crippen LogP contribution in [0, 0.1) is 0 Å². The van der Waals surface area contributed by atoms with Crippen LogP contribution in [0.1, 0.15) is 12.0 Å². The van der Waals surface area contributed by atoms with Crippen molar-refractivity contribution in [3.63, 3.8) is 0 Å². The van der Waals surface area contributed by atoms with E-state index < -0.39 is 11.9 Å². The van der Waals surface area contributed by atoms with Crippen LogP contribution in [0.3, 0.4) is 0 Å². The number of ether oxygens (including phenoxy) is 2. The van der Waals surface area contributed by atoms with Crippen LogP contribution in [0.15, 0.2) is 48.5 Å². The van der Waals surface area contributed by atoms with Gasteiger partial charge in [0.05, 0.1) is 19.9 Å². The lowest BCUT2D eigenvalue weighted by Crippen LogP contribution is -2.46. The topological polar surface area (TPSA) is 129 Å². The van der Waals surface area contributed by atoms with E-state index in [0.717, 1.165) is 39.3 Å². The summed E-state index contributed by atoms with van der Waals surface area (Å²) in [5.74, 6) is -2.35. The molecule has 34 heavy (non-hydrogen) atoms. The SMILES string of the molecule is COc1ccc(OC)c(NC(=O)CCN2CCN(Cc3ccccc3)CC2)c1.O=C(O)C(=O)O. The molecule has 0 unspecified atom stereocenters. The Hall–Kier alpha value is -3.63. The van der Waals surface area contributed by atoms with Crippen LogP contribution in [-0.4, -0.2) is 84.8 Å². The number of carbonyl (C=O) groups is 3. The van der Waals surface area contributed by atoms with Gasteiger partial charge < -0.3 is 29.9 Å². The van der Waals surface area contributed by atoms with Crippen LogP contribution in [0.5, 0.6) is 11.5 Å². The van der Waals surface area contributed by atoms with Gasteiger partial charge in [-0.2, -0.15) is 0 Å². The summed E-state index contributed by atoms with van der Waals surface area (Å²) >= 11 is 0. The van der Waals surface area contributed by atoms with Crippen molar-refractivity contribution in [2.45, 2.75) is 13.0 Å². The second-order valence-corrected chi connectivity index (χ2v) is 7.58. The first-order valence-electron chi connectivity index (χ1n) is 10.8. The van der Waals surface area contributed by atoms with E-state index in [4.69, 9.17) is 29.3 Å². The average Bonchev–Trinajstić information content (AvgIpc) is 2.84. The second-order valence-electron chi connectivity index (χ2n) is 7.58. The molecule has 10 heteroatoms. The lowest BCUT2D eigenvalue weighted by Gasteiger charge is -2.34. The Labute approximate surface area is 198 Å². The van der Waals surface area contributed by atoms with Gasteiger partial charge in [-0.25, -0.2) is 9.59 Å². The Balaban J connectivity index is 0.000000604. The first-order valence-corrected chi connectivity index (χ1v) is 10.8. The number of hydrogen-bond donors (Lipinski definition) is 3. The fraction of sp³-hybridized carbons (Fsp3) is 0.375. The predicted molar refractivity (Wildman–Crippen MR) is 126 cm³/mol. The van der Waals surface area contributed by atoms with Crippen molar-refractivity contribution < 1.29 is 34.1 Å². The number of nitrogens with zero attached hydrogens (tertiary/aromatic N) is 2. The molecule has 1 amide bonds. The number of methoxy groups -OCH3 is 2. The van der Waals surface area contributed by atoms with E-state index in [9.17, 15) is 4.79 Å². The summed E-state index contributed by atoms with van der Waals surface area (Å²) in [5.41, 5.74) is 1.99. The summed E-state index contributed by atoms with van der Waals surface area (Å²) in [6.07, 6.45) is 0.457. The molecule has 1 saturated heterocycles. The minimum absolute atomic E-state index is 0.0155. The molecular formula is C24H31N3O7. The van der Waals surface area contributed by atoms with Crippen molar-refractivity contribution in [2.75, 3.05) is 52.3 Å². The maximum atomic E-state index is 12.4. The van der Waals surface area contributed by atoms with Crippen molar-refractivity contribution in [1.82, 2.24) is 9.80 Å². The van der Waals surface area contributed by atoms with Crippen molar-refractivity contribution in [3.05, 3.63) is 54.1 Å². The molecule has 0 saturated carbocycles. The van der Waals surface area contributed by atoms with Crippen molar-refractivity contribution in [2.24, 2.45) is 0 Å². The quantitative estimate of drug-likeness (QED) is 0.493. The number of amides is 1. The number of piperazine rings is 1. The lowest BCUT2D eigenvalue weighted by atomic mass is 10.2. The highest BCUT2D eigenvalue weighted by atomic mass is 16.5. The highest BCUT2D eigenvalue weighted by molar-refractivity contribution is 6.27. The average molecular weight is 474 g/mol. The number of aliphatic carboxylic acids is 2. The van der Waals surface area contributed by atoms with Gasteiger partial charge >= 0.3 is 11.9 Å². The summed E-state index contributed by atoms with van der Waals surface area (Å²) < 4.78 is 10.5. The van der Waals surface area contributed by atoms with E-state index in [1.54, 1.807) is 26.4 Å². The van der Waals surface area contributed by atoms with Gasteiger partial charge in [0.25, 0.3) is 0 Å². The monoisotopic (exact) mass is 473 g/mol. The third-order valence-corrected chi connectivity index (χ3v) is 5.23. The third-order valence-electron chi connectivity index (χ3n) is 5.23. The Kier molecular flexibility index (Phi) is 10.8. The molecule has 1 heterocycles. The van der Waals surface area contributed by atoms with E-state index in [1.807, 2.05) is 12.1 Å². The summed E-state index contributed by atoms with van der Waals surface area (Å²) in [6.45, 7) is 5.79. The molecule has 3 N–H and O–H groups in total. The van der Waals surface area contributed by atoms with E-state index in [-0.39, 0.29) is 5.91 Å². The largest absolute Gasteiger partial charge is 0.497 e. The Bertz CT molecular complexity index is 933. The number of nitrogens with one attached hydrogen (secondary N) is 1. The number of benzene rings is 2. The molecule has 184 valence electrons. The molecule has 0 spiro atoms. The number of rotatable bonds is 8. The van der Waals surface area contributed by atoms with E-state index in [0.29, 0.717) is 23.6 Å². The summed E-state index contributed by atoms with van der Waals surface area (Å²) in [5, 5.41) is 17.7. The highest BCUT2D eigenvalue weighted by Gasteiger charge is 2.18. The molecule has 2 aromatic rings. The summed E-state index contributed by atoms with van der Waals surface area (Å²) in [6, 6.07) is 15.9. The number of hydrogen-bond acceptors (Lipinski definition) is 7. The summed E-state index contributed by atoms with van der Waals surface area (Å²) in [4.78, 5) is 35.4. The van der Waals surface area contributed by atoms with Crippen LogP contribution in [0.2, 0.25) is 0 Å². The molecule has 0 aliphatic carbocycles.